The van der Waals surface area contributed by atoms with E-state index in [0.717, 1.165) is 0 Å². The van der Waals surface area contributed by atoms with E-state index in [0.29, 0.717) is 0 Å². The first kappa shape index (κ1) is 13.5. The quantitative estimate of drug-likeness (QED) is 0.804. The Bertz CT molecular complexity index is 479. The second-order valence-corrected chi connectivity index (χ2v) is 3.70. The van der Waals surface area contributed by atoms with Crippen LogP contribution in [0.3, 0.4) is 0 Å². The van der Waals surface area contributed by atoms with Crippen LogP contribution in [0.15, 0.2) is 35.5 Å². The third-order valence-electron chi connectivity index (χ3n) is 2.41. The molecular formula is C10H6F6N2O. The summed E-state index contributed by atoms with van der Waals surface area (Å²) in [5, 5.41) is 4.14. The summed E-state index contributed by atoms with van der Waals surface area (Å²) >= 11 is 0. The van der Waals surface area contributed by atoms with Crippen LogP contribution in [0.4, 0.5) is 26.3 Å². The number of hydrogen-bond donors (Lipinski definition) is 1. The summed E-state index contributed by atoms with van der Waals surface area (Å²) in [5.41, 5.74) is -4.46. The predicted molar refractivity (Wildman–Crippen MR) is 52.0 cm³/mol. The van der Waals surface area contributed by atoms with Crippen LogP contribution in [0.5, 0.6) is 0 Å². The topological polar surface area (TPSA) is 33.6 Å². The Balaban J connectivity index is 2.35. The van der Waals surface area contributed by atoms with Gasteiger partial charge in [-0.2, -0.15) is 26.3 Å². The van der Waals surface area contributed by atoms with E-state index >= 15 is 0 Å². The summed E-state index contributed by atoms with van der Waals surface area (Å²) < 4.78 is 75.7. The van der Waals surface area contributed by atoms with Gasteiger partial charge in [-0.25, -0.2) is 0 Å². The molecule has 1 aromatic carbocycles. The maximum atomic E-state index is 12.6. The molecule has 1 aliphatic heterocycles. The van der Waals surface area contributed by atoms with E-state index in [9.17, 15) is 26.3 Å². The Morgan fingerprint density at radius 2 is 1.47 bits per heavy atom. The van der Waals surface area contributed by atoms with Crippen molar-refractivity contribution in [2.45, 2.75) is 18.1 Å². The number of benzene rings is 1. The van der Waals surface area contributed by atoms with E-state index in [1.54, 1.807) is 6.07 Å². The van der Waals surface area contributed by atoms with Crippen LogP contribution >= 0.6 is 0 Å². The molecule has 1 heterocycles. The molecule has 19 heavy (non-hydrogen) atoms. The van der Waals surface area contributed by atoms with Gasteiger partial charge in [0, 0.05) is 5.56 Å². The normalized spacial score (nSPS) is 18.5. The first-order valence-corrected chi connectivity index (χ1v) is 4.90. The maximum Gasteiger partial charge on any atom is 0.461 e. The fourth-order valence-corrected chi connectivity index (χ4v) is 1.45. The summed E-state index contributed by atoms with van der Waals surface area (Å²) in [6.45, 7) is 0. The smallest absolute Gasteiger partial charge is 0.345 e. The Morgan fingerprint density at radius 1 is 0.947 bits per heavy atom. The average molecular weight is 284 g/mol. The minimum absolute atomic E-state index is 0.0536. The maximum absolute atomic E-state index is 12.6. The van der Waals surface area contributed by atoms with E-state index in [-0.39, 0.29) is 5.56 Å². The molecule has 0 amide bonds. The summed E-state index contributed by atoms with van der Waals surface area (Å²) in [4.78, 5) is 3.66. The van der Waals surface area contributed by atoms with Gasteiger partial charge in [-0.3, -0.25) is 0 Å². The van der Waals surface area contributed by atoms with Crippen molar-refractivity contribution in [1.82, 2.24) is 5.32 Å². The second-order valence-electron chi connectivity index (χ2n) is 3.70. The van der Waals surface area contributed by atoms with Crippen LogP contribution in [-0.2, 0) is 4.84 Å². The molecule has 1 aliphatic rings. The monoisotopic (exact) mass is 284 g/mol. The second kappa shape index (κ2) is 4.04. The fraction of sp³-hybridized carbons (Fsp3) is 0.300. The molecule has 0 aliphatic carbocycles. The number of rotatable bonds is 1. The largest absolute Gasteiger partial charge is 0.461 e. The molecule has 0 spiro atoms. The zero-order valence-corrected chi connectivity index (χ0v) is 9.01. The lowest BCUT2D eigenvalue weighted by Gasteiger charge is -2.30. The highest BCUT2D eigenvalue weighted by Crippen LogP contribution is 2.46. The highest BCUT2D eigenvalue weighted by Gasteiger charge is 2.77. The molecule has 2 rings (SSSR count). The number of amidine groups is 1. The fourth-order valence-electron chi connectivity index (χ4n) is 1.45. The molecule has 9 heteroatoms. The van der Waals surface area contributed by atoms with Crippen molar-refractivity contribution in [2.75, 3.05) is 0 Å². The van der Waals surface area contributed by atoms with Gasteiger partial charge < -0.3 is 10.2 Å². The summed E-state index contributed by atoms with van der Waals surface area (Å²) in [5.74, 6) is -0.629. The third kappa shape index (κ3) is 2.08. The molecule has 0 unspecified atom stereocenters. The van der Waals surface area contributed by atoms with Crippen molar-refractivity contribution in [1.29, 1.82) is 0 Å². The van der Waals surface area contributed by atoms with E-state index in [1.807, 2.05) is 0 Å². The van der Waals surface area contributed by atoms with Gasteiger partial charge in [0.15, 0.2) is 5.84 Å². The van der Waals surface area contributed by atoms with Crippen LogP contribution in [0.25, 0.3) is 0 Å². The zero-order valence-electron chi connectivity index (χ0n) is 9.01. The van der Waals surface area contributed by atoms with Gasteiger partial charge in [0.2, 0.25) is 0 Å². The predicted octanol–water partition coefficient (Wildman–Crippen LogP) is 2.79. The van der Waals surface area contributed by atoms with E-state index in [2.05, 4.69) is 9.99 Å². The number of nitrogens with one attached hydrogen (secondary N) is 1. The third-order valence-corrected chi connectivity index (χ3v) is 2.41. The van der Waals surface area contributed by atoms with Gasteiger partial charge in [-0.1, -0.05) is 35.5 Å². The summed E-state index contributed by atoms with van der Waals surface area (Å²) in [6.07, 6.45) is -11.4. The molecule has 0 atom stereocenters. The number of nitrogens with zero attached hydrogens (tertiary/aromatic N) is 1. The van der Waals surface area contributed by atoms with Gasteiger partial charge in [0.1, 0.15) is 0 Å². The molecule has 1 aromatic rings. The molecule has 0 saturated carbocycles. The van der Waals surface area contributed by atoms with Gasteiger partial charge in [0.25, 0.3) is 0 Å². The van der Waals surface area contributed by atoms with Crippen LogP contribution in [0, 0.1) is 0 Å². The first-order valence-electron chi connectivity index (χ1n) is 4.90. The van der Waals surface area contributed by atoms with Crippen LogP contribution < -0.4 is 5.32 Å². The Hall–Kier alpha value is -1.93. The SMILES string of the molecule is FC(F)(F)C1(C(F)(F)F)NC(c2ccccc2)=NO1. The van der Waals surface area contributed by atoms with E-state index in [4.69, 9.17) is 0 Å². The first-order chi connectivity index (χ1) is 8.67. The Kier molecular flexibility index (Phi) is 2.87. The molecule has 3 nitrogen and oxygen atoms in total. The molecule has 0 saturated heterocycles. The van der Waals surface area contributed by atoms with Crippen molar-refractivity contribution in [3.63, 3.8) is 0 Å². The molecule has 0 radical (unpaired) electrons. The lowest BCUT2D eigenvalue weighted by molar-refractivity contribution is -0.381. The molecule has 0 fully saturated rings. The van der Waals surface area contributed by atoms with Gasteiger partial charge in [-0.05, 0) is 0 Å². The molecule has 0 aromatic heterocycles. The van der Waals surface area contributed by atoms with E-state index < -0.39 is 23.9 Å². The van der Waals surface area contributed by atoms with Crippen LogP contribution in [0.2, 0.25) is 0 Å². The Labute approximate surface area is 102 Å². The molecule has 1 N–H and O–H groups in total. The van der Waals surface area contributed by atoms with E-state index in [1.165, 1.54) is 29.6 Å². The van der Waals surface area contributed by atoms with Crippen LogP contribution in [0.1, 0.15) is 5.56 Å². The van der Waals surface area contributed by atoms with Crippen molar-refractivity contribution in [3.05, 3.63) is 35.9 Å². The van der Waals surface area contributed by atoms with Gasteiger partial charge >= 0.3 is 18.1 Å². The van der Waals surface area contributed by atoms with Crippen molar-refractivity contribution in [3.8, 4) is 0 Å². The number of hydrogen-bond acceptors (Lipinski definition) is 3. The highest BCUT2D eigenvalue weighted by molar-refractivity contribution is 5.99. The minimum atomic E-state index is -5.70. The van der Waals surface area contributed by atoms with Crippen molar-refractivity contribution >= 4 is 5.84 Å². The standard InChI is InChI=1S/C10H6F6N2O/c11-9(12,13)8(10(14,15)16)17-7(18-19-8)6-4-2-1-3-5-6/h1-5H,(H,17,18). The van der Waals surface area contributed by atoms with Crippen molar-refractivity contribution in [2.24, 2.45) is 5.16 Å². The number of alkyl halides is 6. The average Bonchev–Trinajstić information content (AvgIpc) is 2.75. The van der Waals surface area contributed by atoms with Gasteiger partial charge in [0.05, 0.1) is 0 Å². The van der Waals surface area contributed by atoms with Gasteiger partial charge in [-0.15, -0.1) is 0 Å². The lowest BCUT2D eigenvalue weighted by atomic mass is 10.1. The Morgan fingerprint density at radius 3 is 1.89 bits per heavy atom. The zero-order chi connectivity index (χ0) is 14.3. The molecule has 104 valence electrons. The lowest BCUT2D eigenvalue weighted by Crippen LogP contribution is -2.65. The molecule has 0 bridgehead atoms. The number of halogens is 6. The van der Waals surface area contributed by atoms with Crippen molar-refractivity contribution < 1.29 is 31.2 Å². The minimum Gasteiger partial charge on any atom is -0.345 e. The summed E-state index contributed by atoms with van der Waals surface area (Å²) in [6, 6.07) is 7.05. The molecular weight excluding hydrogens is 278 g/mol. The summed E-state index contributed by atoms with van der Waals surface area (Å²) in [7, 11) is 0. The van der Waals surface area contributed by atoms with Crippen LogP contribution in [-0.4, -0.2) is 23.9 Å². The number of oxime groups is 1. The highest BCUT2D eigenvalue weighted by atomic mass is 19.4.